The van der Waals surface area contributed by atoms with Crippen LogP contribution in [0.1, 0.15) is 5.69 Å². The van der Waals surface area contributed by atoms with Crippen molar-refractivity contribution >= 4 is 5.69 Å². The van der Waals surface area contributed by atoms with Gasteiger partial charge in [-0.2, -0.15) is 0 Å². The predicted molar refractivity (Wildman–Crippen MR) is 58.7 cm³/mol. The monoisotopic (exact) mass is 220 g/mol. The van der Waals surface area contributed by atoms with Gasteiger partial charge >= 0.3 is 0 Å². The molecule has 0 bridgehead atoms. The van der Waals surface area contributed by atoms with Gasteiger partial charge in [0.25, 0.3) is 0 Å². The highest BCUT2D eigenvalue weighted by Gasteiger charge is 2.06. The van der Waals surface area contributed by atoms with E-state index in [9.17, 15) is 8.78 Å². The molecule has 0 aliphatic rings. The van der Waals surface area contributed by atoms with Crippen LogP contribution in [0.2, 0.25) is 0 Å². The van der Waals surface area contributed by atoms with E-state index >= 15 is 0 Å². The van der Waals surface area contributed by atoms with Crippen LogP contribution in [0.15, 0.2) is 30.3 Å². The van der Waals surface area contributed by atoms with Crippen molar-refractivity contribution in [1.29, 1.82) is 0 Å². The van der Waals surface area contributed by atoms with Gasteiger partial charge in [0.05, 0.1) is 17.1 Å². The molecule has 0 amide bonds. The molecule has 16 heavy (non-hydrogen) atoms. The third kappa shape index (κ3) is 1.86. The second kappa shape index (κ2) is 3.89. The van der Waals surface area contributed by atoms with Crippen LogP contribution in [0.3, 0.4) is 0 Å². The first kappa shape index (κ1) is 10.5. The van der Waals surface area contributed by atoms with E-state index < -0.39 is 11.6 Å². The summed E-state index contributed by atoms with van der Waals surface area (Å²) in [7, 11) is 0. The molecule has 1 aromatic carbocycles. The van der Waals surface area contributed by atoms with E-state index in [4.69, 9.17) is 5.73 Å². The normalized spacial score (nSPS) is 10.4. The number of nitrogen functional groups attached to an aromatic ring is 1. The maximum absolute atomic E-state index is 13.0. The zero-order chi connectivity index (χ0) is 11.7. The lowest BCUT2D eigenvalue weighted by Crippen LogP contribution is -1.95. The first-order valence-corrected chi connectivity index (χ1v) is 4.76. The largest absolute Gasteiger partial charge is 0.397 e. The van der Waals surface area contributed by atoms with Crippen LogP contribution in [-0.2, 0) is 0 Å². The van der Waals surface area contributed by atoms with Crippen molar-refractivity contribution in [3.8, 4) is 11.3 Å². The average Bonchev–Trinajstić information content (AvgIpc) is 2.26. The van der Waals surface area contributed by atoms with Gasteiger partial charge in [-0.15, -0.1) is 0 Å². The van der Waals surface area contributed by atoms with Crippen LogP contribution in [0.25, 0.3) is 11.3 Å². The Kier molecular flexibility index (Phi) is 2.56. The molecule has 0 atom stereocenters. The minimum Gasteiger partial charge on any atom is -0.397 e. The van der Waals surface area contributed by atoms with Crippen LogP contribution >= 0.6 is 0 Å². The predicted octanol–water partition coefficient (Wildman–Crippen LogP) is 2.92. The molecule has 0 aliphatic heterocycles. The van der Waals surface area contributed by atoms with Crippen LogP contribution in [-0.4, -0.2) is 4.98 Å². The smallest absolute Gasteiger partial charge is 0.159 e. The lowest BCUT2D eigenvalue weighted by atomic mass is 10.1. The number of aryl methyl sites for hydroxylation is 1. The zero-order valence-electron chi connectivity index (χ0n) is 8.67. The van der Waals surface area contributed by atoms with Gasteiger partial charge in [-0.05, 0) is 37.3 Å². The molecule has 0 unspecified atom stereocenters. The summed E-state index contributed by atoms with van der Waals surface area (Å²) in [6.07, 6.45) is 0. The van der Waals surface area contributed by atoms with Crippen molar-refractivity contribution < 1.29 is 8.78 Å². The van der Waals surface area contributed by atoms with Gasteiger partial charge in [0, 0.05) is 5.56 Å². The summed E-state index contributed by atoms with van der Waals surface area (Å²) in [6.45, 7) is 1.76. The topological polar surface area (TPSA) is 38.9 Å². The minimum atomic E-state index is -0.881. The minimum absolute atomic E-state index is 0.530. The molecule has 82 valence electrons. The quantitative estimate of drug-likeness (QED) is 0.802. The third-order valence-electron chi connectivity index (χ3n) is 2.34. The molecular weight excluding hydrogens is 210 g/mol. The highest BCUT2D eigenvalue weighted by Crippen LogP contribution is 2.21. The highest BCUT2D eigenvalue weighted by atomic mass is 19.2. The molecule has 0 aliphatic carbocycles. The maximum atomic E-state index is 13.0. The number of hydrogen-bond donors (Lipinski definition) is 1. The number of rotatable bonds is 1. The molecule has 0 saturated carbocycles. The summed E-state index contributed by atoms with van der Waals surface area (Å²) in [5.74, 6) is -1.75. The fraction of sp³-hybridized carbons (Fsp3) is 0.0833. The summed E-state index contributed by atoms with van der Waals surface area (Å²) >= 11 is 0. The molecule has 0 radical (unpaired) electrons. The van der Waals surface area contributed by atoms with Crippen molar-refractivity contribution in [2.45, 2.75) is 6.92 Å². The summed E-state index contributed by atoms with van der Waals surface area (Å²) in [6, 6.07) is 7.05. The average molecular weight is 220 g/mol. The van der Waals surface area contributed by atoms with E-state index in [1.54, 1.807) is 19.1 Å². The van der Waals surface area contributed by atoms with E-state index in [0.717, 1.165) is 12.1 Å². The lowest BCUT2D eigenvalue weighted by Gasteiger charge is -2.04. The molecule has 1 aromatic heterocycles. The van der Waals surface area contributed by atoms with Crippen molar-refractivity contribution in [3.05, 3.63) is 47.7 Å². The fourth-order valence-corrected chi connectivity index (χ4v) is 1.39. The van der Waals surface area contributed by atoms with Crippen molar-refractivity contribution in [2.24, 2.45) is 0 Å². The van der Waals surface area contributed by atoms with Crippen molar-refractivity contribution in [3.63, 3.8) is 0 Å². The Labute approximate surface area is 91.7 Å². The van der Waals surface area contributed by atoms with Gasteiger partial charge in [-0.3, -0.25) is 4.98 Å². The number of halogens is 2. The Morgan fingerprint density at radius 3 is 2.44 bits per heavy atom. The zero-order valence-corrected chi connectivity index (χ0v) is 8.67. The van der Waals surface area contributed by atoms with Gasteiger partial charge in [-0.1, -0.05) is 0 Å². The Morgan fingerprint density at radius 1 is 1.06 bits per heavy atom. The molecule has 0 spiro atoms. The van der Waals surface area contributed by atoms with Gasteiger partial charge < -0.3 is 5.73 Å². The molecule has 0 saturated heterocycles. The molecule has 2 rings (SSSR count). The molecule has 2 nitrogen and oxygen atoms in total. The Hall–Kier alpha value is -1.97. The third-order valence-corrected chi connectivity index (χ3v) is 2.34. The Morgan fingerprint density at radius 2 is 1.81 bits per heavy atom. The number of nitrogens with two attached hydrogens (primary N) is 1. The highest BCUT2D eigenvalue weighted by molar-refractivity contribution is 5.61. The van der Waals surface area contributed by atoms with Gasteiger partial charge in [0.15, 0.2) is 11.6 Å². The number of hydrogen-bond acceptors (Lipinski definition) is 2. The molecule has 0 fully saturated rings. The molecule has 2 N–H and O–H groups in total. The van der Waals surface area contributed by atoms with Crippen LogP contribution in [0, 0.1) is 18.6 Å². The Bertz CT molecular complexity index is 489. The number of benzene rings is 1. The first-order chi connectivity index (χ1) is 7.58. The van der Waals surface area contributed by atoms with E-state index in [1.165, 1.54) is 6.07 Å². The summed E-state index contributed by atoms with van der Waals surface area (Å²) in [4.78, 5) is 4.20. The van der Waals surface area contributed by atoms with Crippen molar-refractivity contribution in [1.82, 2.24) is 4.98 Å². The van der Waals surface area contributed by atoms with E-state index in [2.05, 4.69) is 4.98 Å². The fourth-order valence-electron chi connectivity index (χ4n) is 1.39. The molecular formula is C12H10F2N2. The Balaban J connectivity index is 2.50. The van der Waals surface area contributed by atoms with Crippen molar-refractivity contribution in [2.75, 3.05) is 5.73 Å². The van der Waals surface area contributed by atoms with E-state index in [1.807, 2.05) is 0 Å². The van der Waals surface area contributed by atoms with E-state index in [-0.39, 0.29) is 0 Å². The summed E-state index contributed by atoms with van der Waals surface area (Å²) in [5, 5.41) is 0. The summed E-state index contributed by atoms with van der Waals surface area (Å²) in [5.41, 5.74) is 7.97. The number of anilines is 1. The molecule has 2 aromatic rings. The lowest BCUT2D eigenvalue weighted by molar-refractivity contribution is 0.509. The second-order valence-corrected chi connectivity index (χ2v) is 3.50. The second-order valence-electron chi connectivity index (χ2n) is 3.50. The SMILES string of the molecule is Cc1nc(-c2ccc(F)c(F)c2)ccc1N. The van der Waals surface area contributed by atoms with Gasteiger partial charge in [-0.25, -0.2) is 8.78 Å². The van der Waals surface area contributed by atoms with Gasteiger partial charge in [0.2, 0.25) is 0 Å². The number of aromatic nitrogens is 1. The standard InChI is InChI=1S/C12H10F2N2/c1-7-11(15)4-5-12(16-7)8-2-3-9(13)10(14)6-8/h2-6H,15H2,1H3. The maximum Gasteiger partial charge on any atom is 0.159 e. The number of nitrogens with zero attached hydrogens (tertiary/aromatic N) is 1. The van der Waals surface area contributed by atoms with Gasteiger partial charge in [0.1, 0.15) is 0 Å². The van der Waals surface area contributed by atoms with Crippen LogP contribution in [0.4, 0.5) is 14.5 Å². The first-order valence-electron chi connectivity index (χ1n) is 4.76. The van der Waals surface area contributed by atoms with Crippen LogP contribution in [0.5, 0.6) is 0 Å². The van der Waals surface area contributed by atoms with E-state index in [0.29, 0.717) is 22.6 Å². The summed E-state index contributed by atoms with van der Waals surface area (Å²) < 4.78 is 25.8. The molecule has 1 heterocycles. The molecule has 4 heteroatoms. The number of pyridine rings is 1. The van der Waals surface area contributed by atoms with Crippen LogP contribution < -0.4 is 5.73 Å².